The zero-order chi connectivity index (χ0) is 31.5. The minimum absolute atomic E-state index is 0.0157. The molecule has 0 N–H and O–H groups in total. The molecule has 0 aliphatic carbocycles. The summed E-state index contributed by atoms with van der Waals surface area (Å²) in [7, 11) is -7.92. The van der Waals surface area contributed by atoms with Gasteiger partial charge in [-0.15, -0.1) is 0 Å². The minimum Gasteiger partial charge on any atom is -0.352 e. The molecule has 16 heteroatoms. The lowest BCUT2D eigenvalue weighted by Crippen LogP contribution is -2.43. The van der Waals surface area contributed by atoms with Crippen molar-refractivity contribution in [2.24, 2.45) is 5.92 Å². The molecule has 3 rings (SSSR count). The van der Waals surface area contributed by atoms with E-state index in [0.717, 1.165) is 12.5 Å². The van der Waals surface area contributed by atoms with E-state index in [1.165, 1.54) is 6.92 Å². The van der Waals surface area contributed by atoms with E-state index in [-0.39, 0.29) is 25.5 Å². The molecule has 1 saturated heterocycles. The van der Waals surface area contributed by atoms with Crippen LogP contribution in [-0.2, 0) is 50.4 Å². The lowest BCUT2D eigenvalue weighted by Gasteiger charge is -2.42. The van der Waals surface area contributed by atoms with Crippen LogP contribution in [0.1, 0.15) is 54.0 Å². The third kappa shape index (κ3) is 9.91. The minimum atomic E-state index is -5.06. The molecule has 0 aromatic heterocycles. The number of rotatable bonds is 11. The van der Waals surface area contributed by atoms with E-state index in [2.05, 4.69) is 0 Å². The predicted molar refractivity (Wildman–Crippen MR) is 138 cm³/mol. The van der Waals surface area contributed by atoms with Crippen molar-refractivity contribution in [3.63, 3.8) is 0 Å². The topological polar surface area (TPSA) is 105 Å². The molecule has 0 bridgehead atoms. The monoisotopic (exact) mass is 648 g/mol. The van der Waals surface area contributed by atoms with Crippen LogP contribution in [0.3, 0.4) is 0 Å². The van der Waals surface area contributed by atoms with Crippen LogP contribution in [0.5, 0.6) is 0 Å². The van der Waals surface area contributed by atoms with Gasteiger partial charge in [-0.3, -0.25) is 8.37 Å². The molecule has 2 aromatic rings. The fourth-order valence-electron chi connectivity index (χ4n) is 4.79. The van der Waals surface area contributed by atoms with Gasteiger partial charge < -0.3 is 9.47 Å². The summed E-state index contributed by atoms with van der Waals surface area (Å²) in [4.78, 5) is 0. The van der Waals surface area contributed by atoms with Crippen molar-refractivity contribution in [1.82, 2.24) is 0 Å². The van der Waals surface area contributed by atoms with E-state index >= 15 is 0 Å². The van der Waals surface area contributed by atoms with Gasteiger partial charge in [-0.25, -0.2) is 0 Å². The molecule has 0 radical (unpaired) electrons. The Balaban J connectivity index is 2.00. The highest BCUT2D eigenvalue weighted by Gasteiger charge is 2.43. The van der Waals surface area contributed by atoms with Crippen LogP contribution in [0.2, 0.25) is 0 Å². The van der Waals surface area contributed by atoms with E-state index in [1.54, 1.807) is 30.3 Å². The van der Waals surface area contributed by atoms with Crippen LogP contribution in [0.15, 0.2) is 48.5 Å². The van der Waals surface area contributed by atoms with E-state index in [9.17, 15) is 43.2 Å². The van der Waals surface area contributed by atoms with Crippen LogP contribution < -0.4 is 0 Å². The van der Waals surface area contributed by atoms with Gasteiger partial charge in [0, 0.05) is 18.3 Å². The third-order valence-electron chi connectivity index (χ3n) is 6.57. The summed E-state index contributed by atoms with van der Waals surface area (Å²) in [5, 5.41) is 0. The van der Waals surface area contributed by atoms with Crippen molar-refractivity contribution in [2.75, 3.05) is 25.7 Å². The van der Waals surface area contributed by atoms with Gasteiger partial charge in [-0.1, -0.05) is 30.3 Å². The maximum Gasteiger partial charge on any atom is 0.416 e. The summed E-state index contributed by atoms with van der Waals surface area (Å²) in [6.45, 7) is 0.831. The Morgan fingerprint density at radius 2 is 1.48 bits per heavy atom. The SMILES string of the molecule is C[C@@H](O[C@H]1OCC[C@@H](C(CCOS(C)(=O)=O)OS(C)(=O)=O)[C@@H]1c1ccccc1)c1cc(C(F)(F)F)cc(C(F)(F)F)c1. The van der Waals surface area contributed by atoms with Gasteiger partial charge in [0.1, 0.15) is 0 Å². The van der Waals surface area contributed by atoms with Gasteiger partial charge in [0.2, 0.25) is 0 Å². The zero-order valence-electron chi connectivity index (χ0n) is 22.7. The van der Waals surface area contributed by atoms with Gasteiger partial charge in [0.25, 0.3) is 20.2 Å². The second-order valence-electron chi connectivity index (χ2n) is 9.90. The molecule has 0 saturated carbocycles. The Labute approximate surface area is 240 Å². The molecule has 42 heavy (non-hydrogen) atoms. The highest BCUT2D eigenvalue weighted by molar-refractivity contribution is 7.86. The average molecular weight is 649 g/mol. The lowest BCUT2D eigenvalue weighted by molar-refractivity contribution is -0.216. The molecule has 236 valence electrons. The van der Waals surface area contributed by atoms with Crippen molar-refractivity contribution in [1.29, 1.82) is 0 Å². The van der Waals surface area contributed by atoms with E-state index in [1.807, 2.05) is 0 Å². The fraction of sp³-hybridized carbons (Fsp3) is 0.538. The Hall–Kier alpha value is -2.24. The summed E-state index contributed by atoms with van der Waals surface area (Å²) in [6, 6.07) is 9.53. The zero-order valence-corrected chi connectivity index (χ0v) is 24.3. The lowest BCUT2D eigenvalue weighted by atomic mass is 9.77. The van der Waals surface area contributed by atoms with Crippen LogP contribution in [0.25, 0.3) is 0 Å². The first kappa shape index (κ1) is 34.3. The molecule has 1 fully saturated rings. The maximum atomic E-state index is 13.4. The van der Waals surface area contributed by atoms with Crippen LogP contribution in [-0.4, -0.2) is 55.0 Å². The fourth-order valence-corrected chi connectivity index (χ4v) is 5.88. The molecule has 5 atom stereocenters. The van der Waals surface area contributed by atoms with Crippen molar-refractivity contribution < 1.29 is 61.0 Å². The van der Waals surface area contributed by atoms with Crippen molar-refractivity contribution in [3.05, 3.63) is 70.8 Å². The normalized spacial score (nSPS) is 22.1. The molecular weight excluding hydrogens is 618 g/mol. The van der Waals surface area contributed by atoms with E-state index < -0.39 is 86.2 Å². The summed E-state index contributed by atoms with van der Waals surface area (Å²) in [6.07, 6.45) is -12.2. The van der Waals surface area contributed by atoms with Gasteiger partial charge >= 0.3 is 12.4 Å². The Morgan fingerprint density at radius 1 is 0.905 bits per heavy atom. The number of hydrogen-bond acceptors (Lipinski definition) is 8. The quantitative estimate of drug-likeness (QED) is 0.227. The molecule has 1 aliphatic heterocycles. The second-order valence-corrected chi connectivity index (χ2v) is 13.1. The highest BCUT2D eigenvalue weighted by atomic mass is 32.2. The Morgan fingerprint density at radius 3 is 1.98 bits per heavy atom. The Bertz CT molecular complexity index is 1380. The largest absolute Gasteiger partial charge is 0.416 e. The highest BCUT2D eigenvalue weighted by Crippen LogP contribution is 2.43. The number of halogens is 6. The average Bonchev–Trinajstić information content (AvgIpc) is 2.85. The number of ether oxygens (including phenoxy) is 2. The standard InChI is InChI=1S/C26H30F6O8S2/c1-16(18-13-19(25(27,28)29)15-20(14-18)26(30,31)32)39-24-23(17-7-5-4-6-8-17)21(9-11-37-24)22(40-42(3,35)36)10-12-38-41(2,33)34/h4-8,13-16,21-24H,9-12H2,1-3H3/t16-,21+,22?,23+,24-/m1/s1. The van der Waals surface area contributed by atoms with E-state index in [4.69, 9.17) is 17.8 Å². The number of alkyl halides is 6. The molecule has 2 aromatic carbocycles. The molecule has 0 amide bonds. The summed E-state index contributed by atoms with van der Waals surface area (Å²) in [5.74, 6) is -1.52. The smallest absolute Gasteiger partial charge is 0.352 e. The predicted octanol–water partition coefficient (Wildman–Crippen LogP) is 5.66. The molecular formula is C26H30F6O8S2. The summed E-state index contributed by atoms with van der Waals surface area (Å²) < 4.78 is 150. The molecule has 1 heterocycles. The first-order valence-corrected chi connectivity index (χ1v) is 16.2. The van der Waals surface area contributed by atoms with Crippen molar-refractivity contribution in [3.8, 4) is 0 Å². The van der Waals surface area contributed by atoms with Gasteiger partial charge in [-0.2, -0.15) is 43.2 Å². The van der Waals surface area contributed by atoms with Gasteiger partial charge in [-0.05, 0) is 42.7 Å². The van der Waals surface area contributed by atoms with E-state index in [0.29, 0.717) is 17.7 Å². The van der Waals surface area contributed by atoms with Crippen molar-refractivity contribution >= 4 is 20.2 Å². The molecule has 1 unspecified atom stereocenters. The first-order valence-electron chi connectivity index (χ1n) is 12.6. The summed E-state index contributed by atoms with van der Waals surface area (Å²) in [5.41, 5.74) is -2.85. The van der Waals surface area contributed by atoms with Crippen LogP contribution >= 0.6 is 0 Å². The maximum absolute atomic E-state index is 13.4. The number of hydrogen-bond donors (Lipinski definition) is 0. The van der Waals surface area contributed by atoms with Gasteiger partial charge in [0.15, 0.2) is 6.29 Å². The van der Waals surface area contributed by atoms with Crippen molar-refractivity contribution in [2.45, 2.75) is 56.5 Å². The molecule has 8 nitrogen and oxygen atoms in total. The van der Waals surface area contributed by atoms with Gasteiger partial charge in [0.05, 0.1) is 49.1 Å². The second kappa shape index (κ2) is 13.2. The molecule has 0 spiro atoms. The Kier molecular flexibility index (Phi) is 10.7. The number of benzene rings is 2. The molecule has 1 aliphatic rings. The van der Waals surface area contributed by atoms with Crippen LogP contribution in [0, 0.1) is 5.92 Å². The van der Waals surface area contributed by atoms with Crippen LogP contribution in [0.4, 0.5) is 26.3 Å². The third-order valence-corrected chi connectivity index (χ3v) is 7.76. The first-order chi connectivity index (χ1) is 19.2. The summed E-state index contributed by atoms with van der Waals surface area (Å²) >= 11 is 0.